The van der Waals surface area contributed by atoms with Crippen LogP contribution < -0.4 is 4.74 Å². The molecule has 114 valence electrons. The lowest BCUT2D eigenvalue weighted by Crippen LogP contribution is -2.10. The predicted octanol–water partition coefficient (Wildman–Crippen LogP) is 3.65. The van der Waals surface area contributed by atoms with Crippen molar-refractivity contribution in [2.24, 2.45) is 11.8 Å². The molecule has 3 heteroatoms. The van der Waals surface area contributed by atoms with Gasteiger partial charge < -0.3 is 14.6 Å². The number of aliphatic hydroxyl groups excluding tert-OH is 1. The van der Waals surface area contributed by atoms with Gasteiger partial charge in [-0.1, -0.05) is 26.0 Å². The summed E-state index contributed by atoms with van der Waals surface area (Å²) in [7, 11) is 1.67. The van der Waals surface area contributed by atoms with Crippen molar-refractivity contribution >= 4 is 0 Å². The molecule has 0 heterocycles. The summed E-state index contributed by atoms with van der Waals surface area (Å²) in [4.78, 5) is 0. The van der Waals surface area contributed by atoms with Crippen molar-refractivity contribution in [3.63, 3.8) is 0 Å². The molecule has 2 atom stereocenters. The minimum Gasteiger partial charge on any atom is -0.497 e. The van der Waals surface area contributed by atoms with Crippen LogP contribution in [0.25, 0.3) is 0 Å². The van der Waals surface area contributed by atoms with Crippen LogP contribution >= 0.6 is 0 Å². The lowest BCUT2D eigenvalue weighted by atomic mass is 9.94. The molecule has 1 aromatic rings. The lowest BCUT2D eigenvalue weighted by molar-refractivity contribution is 0.0839. The van der Waals surface area contributed by atoms with Crippen molar-refractivity contribution in [2.45, 2.75) is 39.7 Å². The van der Waals surface area contributed by atoms with E-state index in [9.17, 15) is 0 Å². The molecule has 0 fully saturated rings. The van der Waals surface area contributed by atoms with E-state index in [0.717, 1.165) is 31.6 Å². The van der Waals surface area contributed by atoms with Gasteiger partial charge >= 0.3 is 0 Å². The fourth-order valence-electron chi connectivity index (χ4n) is 2.41. The number of hydrogen-bond donors (Lipinski definition) is 1. The quantitative estimate of drug-likeness (QED) is 0.711. The molecule has 20 heavy (non-hydrogen) atoms. The Bertz CT molecular complexity index is 348. The normalized spacial score (nSPS) is 14.0. The molecule has 0 amide bonds. The number of hydrogen-bond acceptors (Lipinski definition) is 3. The summed E-state index contributed by atoms with van der Waals surface area (Å²) in [6.07, 6.45) is 3.16. The van der Waals surface area contributed by atoms with Crippen LogP contribution in [0.5, 0.6) is 5.75 Å². The second-order valence-electron chi connectivity index (χ2n) is 5.68. The third-order valence-corrected chi connectivity index (χ3v) is 3.49. The van der Waals surface area contributed by atoms with Gasteiger partial charge in [-0.05, 0) is 48.8 Å². The van der Waals surface area contributed by atoms with Gasteiger partial charge in [0.1, 0.15) is 5.75 Å². The Hall–Kier alpha value is -1.06. The zero-order valence-electron chi connectivity index (χ0n) is 13.0. The fourth-order valence-corrected chi connectivity index (χ4v) is 2.41. The maximum atomic E-state index is 8.82. The second-order valence-corrected chi connectivity index (χ2v) is 5.68. The van der Waals surface area contributed by atoms with Gasteiger partial charge in [-0.2, -0.15) is 0 Å². The molecular weight excluding hydrogens is 252 g/mol. The molecule has 0 spiro atoms. The van der Waals surface area contributed by atoms with Gasteiger partial charge in [0, 0.05) is 13.2 Å². The Morgan fingerprint density at radius 2 is 1.80 bits per heavy atom. The third kappa shape index (κ3) is 6.92. The van der Waals surface area contributed by atoms with E-state index in [1.54, 1.807) is 7.11 Å². The number of benzene rings is 1. The Balaban J connectivity index is 2.18. The average Bonchev–Trinajstić information content (AvgIpc) is 2.45. The largest absolute Gasteiger partial charge is 0.497 e. The number of aliphatic hydroxyl groups is 1. The Morgan fingerprint density at radius 1 is 1.10 bits per heavy atom. The lowest BCUT2D eigenvalue weighted by Gasteiger charge is -2.17. The first-order valence-electron chi connectivity index (χ1n) is 7.47. The van der Waals surface area contributed by atoms with Gasteiger partial charge in [0.15, 0.2) is 0 Å². The summed E-state index contributed by atoms with van der Waals surface area (Å²) >= 11 is 0. The number of ether oxygens (including phenoxy) is 2. The molecule has 0 bridgehead atoms. The molecule has 0 saturated carbocycles. The van der Waals surface area contributed by atoms with Crippen LogP contribution in [0.1, 0.15) is 38.7 Å². The van der Waals surface area contributed by atoms with Crippen molar-refractivity contribution < 1.29 is 14.6 Å². The van der Waals surface area contributed by atoms with Crippen molar-refractivity contribution in [1.82, 2.24) is 0 Å². The van der Waals surface area contributed by atoms with E-state index in [2.05, 4.69) is 13.8 Å². The van der Waals surface area contributed by atoms with Crippen molar-refractivity contribution in [1.29, 1.82) is 0 Å². The highest BCUT2D eigenvalue weighted by Crippen LogP contribution is 2.18. The molecular formula is C17H28O3. The third-order valence-electron chi connectivity index (χ3n) is 3.49. The fraction of sp³-hybridized carbons (Fsp3) is 0.647. The zero-order valence-corrected chi connectivity index (χ0v) is 13.0. The molecule has 0 aliphatic heterocycles. The van der Waals surface area contributed by atoms with Crippen LogP contribution in [-0.2, 0) is 11.3 Å². The van der Waals surface area contributed by atoms with Gasteiger partial charge in [0.2, 0.25) is 0 Å². The van der Waals surface area contributed by atoms with Gasteiger partial charge in [0.05, 0.1) is 13.7 Å². The highest BCUT2D eigenvalue weighted by atomic mass is 16.5. The summed E-state index contributed by atoms with van der Waals surface area (Å²) in [5, 5.41) is 8.82. The first-order valence-corrected chi connectivity index (χ1v) is 7.47. The molecule has 0 aliphatic carbocycles. The summed E-state index contributed by atoms with van der Waals surface area (Å²) in [6, 6.07) is 7.99. The monoisotopic (exact) mass is 280 g/mol. The summed E-state index contributed by atoms with van der Waals surface area (Å²) in [5.41, 5.74) is 1.17. The van der Waals surface area contributed by atoms with E-state index < -0.39 is 0 Å². The first-order chi connectivity index (χ1) is 9.65. The average molecular weight is 280 g/mol. The molecule has 0 aliphatic rings. The van der Waals surface area contributed by atoms with Gasteiger partial charge in [-0.25, -0.2) is 0 Å². The van der Waals surface area contributed by atoms with E-state index in [4.69, 9.17) is 14.6 Å². The van der Waals surface area contributed by atoms with E-state index in [1.165, 1.54) is 5.56 Å². The minimum absolute atomic E-state index is 0.298. The number of rotatable bonds is 10. The topological polar surface area (TPSA) is 38.7 Å². The van der Waals surface area contributed by atoms with E-state index in [-0.39, 0.29) is 0 Å². The Labute approximate surface area is 122 Å². The molecule has 0 saturated heterocycles. The number of methoxy groups -OCH3 is 1. The summed E-state index contributed by atoms with van der Waals surface area (Å²) in [6.45, 7) is 6.21. The van der Waals surface area contributed by atoms with Crippen LogP contribution in [0, 0.1) is 11.8 Å². The predicted molar refractivity (Wildman–Crippen MR) is 81.9 cm³/mol. The van der Waals surface area contributed by atoms with E-state index >= 15 is 0 Å². The molecule has 1 rings (SSSR count). The zero-order chi connectivity index (χ0) is 14.8. The Morgan fingerprint density at radius 3 is 2.40 bits per heavy atom. The van der Waals surface area contributed by atoms with Gasteiger partial charge in [-0.3, -0.25) is 0 Å². The van der Waals surface area contributed by atoms with Crippen molar-refractivity contribution in [3.05, 3.63) is 29.8 Å². The maximum absolute atomic E-state index is 8.82. The SMILES string of the molecule is COc1ccc(COCC(C)C[C@@H](C)CCCO)cc1. The van der Waals surface area contributed by atoms with Gasteiger partial charge in [0.25, 0.3) is 0 Å². The molecule has 1 N–H and O–H groups in total. The molecule has 3 nitrogen and oxygen atoms in total. The summed E-state index contributed by atoms with van der Waals surface area (Å²) in [5.74, 6) is 2.09. The molecule has 0 aromatic heterocycles. The van der Waals surface area contributed by atoms with E-state index in [0.29, 0.717) is 25.0 Å². The van der Waals surface area contributed by atoms with Crippen LogP contribution in [0.2, 0.25) is 0 Å². The van der Waals surface area contributed by atoms with Crippen molar-refractivity contribution in [3.8, 4) is 5.75 Å². The minimum atomic E-state index is 0.298. The molecule has 1 aromatic carbocycles. The molecule has 0 radical (unpaired) electrons. The van der Waals surface area contributed by atoms with Crippen LogP contribution in [-0.4, -0.2) is 25.4 Å². The van der Waals surface area contributed by atoms with Crippen LogP contribution in [0.15, 0.2) is 24.3 Å². The van der Waals surface area contributed by atoms with Gasteiger partial charge in [-0.15, -0.1) is 0 Å². The second kappa shape index (κ2) is 9.78. The molecule has 1 unspecified atom stereocenters. The summed E-state index contributed by atoms with van der Waals surface area (Å²) < 4.78 is 10.9. The first kappa shape index (κ1) is 17.0. The standard InChI is InChI=1S/C17H28O3/c1-14(5-4-10-18)11-15(2)12-20-13-16-6-8-17(19-3)9-7-16/h6-9,14-15,18H,4-5,10-13H2,1-3H3/t14-,15?/m0/s1. The Kier molecular flexibility index (Phi) is 8.31. The smallest absolute Gasteiger partial charge is 0.118 e. The van der Waals surface area contributed by atoms with Crippen LogP contribution in [0.3, 0.4) is 0 Å². The van der Waals surface area contributed by atoms with Crippen LogP contribution in [0.4, 0.5) is 0 Å². The highest BCUT2D eigenvalue weighted by Gasteiger charge is 2.09. The maximum Gasteiger partial charge on any atom is 0.118 e. The van der Waals surface area contributed by atoms with E-state index in [1.807, 2.05) is 24.3 Å². The van der Waals surface area contributed by atoms with Crippen molar-refractivity contribution in [2.75, 3.05) is 20.3 Å². The highest BCUT2D eigenvalue weighted by molar-refractivity contribution is 5.26.